The molecule has 0 aliphatic carbocycles. The molecule has 4 heteroatoms. The van der Waals surface area contributed by atoms with Gasteiger partial charge < -0.3 is 15.4 Å². The highest BCUT2D eigenvalue weighted by molar-refractivity contribution is 5.41. The summed E-state index contributed by atoms with van der Waals surface area (Å²) in [5.74, 6) is 0. The Labute approximate surface area is 101 Å². The van der Waals surface area contributed by atoms with Crippen molar-refractivity contribution in [2.24, 2.45) is 0 Å². The third-order valence-corrected chi connectivity index (χ3v) is 3.01. The molecule has 1 aromatic heterocycles. The van der Waals surface area contributed by atoms with E-state index in [1.165, 1.54) is 0 Å². The fraction of sp³-hybridized carbons (Fsp3) is 0.308. The Balaban J connectivity index is 2.17. The number of benzene rings is 1. The van der Waals surface area contributed by atoms with Gasteiger partial charge in [-0.3, -0.25) is 0 Å². The van der Waals surface area contributed by atoms with Crippen molar-refractivity contribution in [3.05, 3.63) is 47.5 Å². The number of aryl methyl sites for hydroxylation is 1. The van der Waals surface area contributed by atoms with Crippen molar-refractivity contribution in [3.8, 4) is 0 Å². The van der Waals surface area contributed by atoms with E-state index in [4.69, 9.17) is 5.73 Å². The highest BCUT2D eigenvalue weighted by Gasteiger charge is 2.10. The summed E-state index contributed by atoms with van der Waals surface area (Å²) in [6, 6.07) is 7.33. The minimum absolute atomic E-state index is 0.496. The van der Waals surface area contributed by atoms with Crippen LogP contribution in [-0.4, -0.2) is 14.7 Å². The van der Waals surface area contributed by atoms with Crippen molar-refractivity contribution < 1.29 is 5.11 Å². The number of nitrogen functional groups attached to an aromatic ring is 1. The topological polar surface area (TPSA) is 64.1 Å². The van der Waals surface area contributed by atoms with Gasteiger partial charge in [0.25, 0.3) is 0 Å². The number of hydrogen-bond donors (Lipinski definition) is 2. The van der Waals surface area contributed by atoms with Crippen LogP contribution in [0.25, 0.3) is 0 Å². The van der Waals surface area contributed by atoms with E-state index in [9.17, 15) is 5.11 Å². The average Bonchev–Trinajstić information content (AvgIpc) is 2.61. The first kappa shape index (κ1) is 11.7. The minimum Gasteiger partial charge on any atom is -0.399 e. The summed E-state index contributed by atoms with van der Waals surface area (Å²) in [5.41, 5.74) is 9.26. The molecule has 3 N–H and O–H groups in total. The smallest absolute Gasteiger partial charge is 0.0970 e. The predicted octanol–water partition coefficient (Wildman–Crippen LogP) is 1.82. The van der Waals surface area contributed by atoms with Crippen LogP contribution in [0.1, 0.15) is 23.1 Å². The highest BCUT2D eigenvalue weighted by atomic mass is 16.3. The zero-order valence-electron chi connectivity index (χ0n) is 10.1. The van der Waals surface area contributed by atoms with E-state index in [0.29, 0.717) is 12.2 Å². The summed E-state index contributed by atoms with van der Waals surface area (Å²) in [4.78, 5) is 4.21. The molecule has 0 aliphatic rings. The van der Waals surface area contributed by atoms with E-state index in [2.05, 4.69) is 4.98 Å². The molecule has 1 heterocycles. The molecule has 1 atom stereocenters. The van der Waals surface area contributed by atoms with Gasteiger partial charge in [-0.25, -0.2) is 4.98 Å². The maximum absolute atomic E-state index is 10.1. The van der Waals surface area contributed by atoms with Crippen LogP contribution < -0.4 is 5.73 Å². The number of aromatic nitrogens is 2. The van der Waals surface area contributed by atoms with Gasteiger partial charge in [-0.2, -0.15) is 0 Å². The van der Waals surface area contributed by atoms with Crippen LogP contribution in [0.4, 0.5) is 5.69 Å². The number of aliphatic hydroxyl groups is 1. The number of rotatable bonds is 3. The average molecular weight is 231 g/mol. The van der Waals surface area contributed by atoms with Crippen LogP contribution in [0.2, 0.25) is 0 Å². The molecule has 0 bridgehead atoms. The highest BCUT2D eigenvalue weighted by Crippen LogP contribution is 2.18. The first-order valence-electron chi connectivity index (χ1n) is 5.60. The van der Waals surface area contributed by atoms with Crippen molar-refractivity contribution in [3.63, 3.8) is 0 Å². The zero-order valence-corrected chi connectivity index (χ0v) is 10.1. The van der Waals surface area contributed by atoms with Crippen molar-refractivity contribution in [2.45, 2.75) is 26.5 Å². The lowest BCUT2D eigenvalue weighted by atomic mass is 10.1. The van der Waals surface area contributed by atoms with Crippen LogP contribution in [0.15, 0.2) is 30.6 Å². The Morgan fingerprint density at radius 1 is 1.41 bits per heavy atom. The molecule has 0 aliphatic heterocycles. The third-order valence-electron chi connectivity index (χ3n) is 3.01. The fourth-order valence-electron chi connectivity index (χ4n) is 1.79. The van der Waals surface area contributed by atoms with Crippen molar-refractivity contribution in [1.82, 2.24) is 9.55 Å². The predicted molar refractivity (Wildman–Crippen MR) is 67.5 cm³/mol. The van der Waals surface area contributed by atoms with E-state index >= 15 is 0 Å². The second-order valence-corrected chi connectivity index (χ2v) is 4.25. The Morgan fingerprint density at radius 2 is 2.18 bits per heavy atom. The summed E-state index contributed by atoms with van der Waals surface area (Å²) in [5, 5.41) is 10.1. The molecule has 0 amide bonds. The van der Waals surface area contributed by atoms with E-state index in [1.807, 2.05) is 36.6 Å². The molecule has 2 rings (SSSR count). The Morgan fingerprint density at radius 3 is 2.76 bits per heavy atom. The van der Waals surface area contributed by atoms with Crippen molar-refractivity contribution >= 4 is 5.69 Å². The standard InChI is InChI=1S/C13H17N3O/c1-9-10(2)16(8-15-9)7-13(17)11-4-3-5-12(14)6-11/h3-6,8,13,17H,7,14H2,1-2H3. The Bertz CT molecular complexity index is 519. The van der Waals surface area contributed by atoms with Gasteiger partial charge in [-0.1, -0.05) is 12.1 Å². The van der Waals surface area contributed by atoms with Gasteiger partial charge in [0.05, 0.1) is 24.7 Å². The molecule has 17 heavy (non-hydrogen) atoms. The molecule has 0 spiro atoms. The number of nitrogens with two attached hydrogens (primary N) is 1. The molecular formula is C13H17N3O. The molecule has 1 unspecified atom stereocenters. The Kier molecular flexibility index (Phi) is 3.15. The molecule has 1 aromatic carbocycles. The summed E-state index contributed by atoms with van der Waals surface area (Å²) >= 11 is 0. The zero-order chi connectivity index (χ0) is 12.4. The van der Waals surface area contributed by atoms with E-state index in [0.717, 1.165) is 17.0 Å². The number of anilines is 1. The number of hydrogen-bond acceptors (Lipinski definition) is 3. The number of imidazole rings is 1. The first-order chi connectivity index (χ1) is 8.08. The van der Waals surface area contributed by atoms with Gasteiger partial charge in [0, 0.05) is 11.4 Å². The second kappa shape index (κ2) is 4.59. The molecule has 0 saturated heterocycles. The normalized spacial score (nSPS) is 12.6. The van der Waals surface area contributed by atoms with E-state index in [-0.39, 0.29) is 0 Å². The number of aliphatic hydroxyl groups excluding tert-OH is 1. The molecule has 0 saturated carbocycles. The van der Waals surface area contributed by atoms with E-state index in [1.54, 1.807) is 12.4 Å². The molecule has 2 aromatic rings. The summed E-state index contributed by atoms with van der Waals surface area (Å²) < 4.78 is 1.95. The Hall–Kier alpha value is -1.81. The maximum atomic E-state index is 10.1. The fourth-order valence-corrected chi connectivity index (χ4v) is 1.79. The van der Waals surface area contributed by atoms with Crippen LogP contribution in [0, 0.1) is 13.8 Å². The van der Waals surface area contributed by atoms with Crippen molar-refractivity contribution in [2.75, 3.05) is 5.73 Å². The summed E-state index contributed by atoms with van der Waals surface area (Å²) in [7, 11) is 0. The molecule has 90 valence electrons. The van der Waals surface area contributed by atoms with Gasteiger partial charge in [-0.05, 0) is 31.5 Å². The lowest BCUT2D eigenvalue weighted by Crippen LogP contribution is -2.09. The van der Waals surface area contributed by atoms with Crippen LogP contribution >= 0.6 is 0 Å². The van der Waals surface area contributed by atoms with Gasteiger partial charge in [0.2, 0.25) is 0 Å². The molecule has 4 nitrogen and oxygen atoms in total. The monoisotopic (exact) mass is 231 g/mol. The largest absolute Gasteiger partial charge is 0.399 e. The SMILES string of the molecule is Cc1ncn(CC(O)c2cccc(N)c2)c1C. The maximum Gasteiger partial charge on any atom is 0.0970 e. The third kappa shape index (κ3) is 2.47. The lowest BCUT2D eigenvalue weighted by Gasteiger charge is -2.13. The first-order valence-corrected chi connectivity index (χ1v) is 5.60. The van der Waals surface area contributed by atoms with Crippen LogP contribution in [0.5, 0.6) is 0 Å². The quantitative estimate of drug-likeness (QED) is 0.792. The summed E-state index contributed by atoms with van der Waals surface area (Å²) in [6.45, 7) is 4.45. The van der Waals surface area contributed by atoms with Gasteiger partial charge >= 0.3 is 0 Å². The summed E-state index contributed by atoms with van der Waals surface area (Å²) in [6.07, 6.45) is 1.19. The minimum atomic E-state index is -0.564. The van der Waals surface area contributed by atoms with Gasteiger partial charge in [0.15, 0.2) is 0 Å². The van der Waals surface area contributed by atoms with Gasteiger partial charge in [-0.15, -0.1) is 0 Å². The van der Waals surface area contributed by atoms with E-state index < -0.39 is 6.10 Å². The van der Waals surface area contributed by atoms with Crippen LogP contribution in [-0.2, 0) is 6.54 Å². The number of nitrogens with zero attached hydrogens (tertiary/aromatic N) is 2. The van der Waals surface area contributed by atoms with Crippen LogP contribution in [0.3, 0.4) is 0 Å². The molecule has 0 fully saturated rings. The lowest BCUT2D eigenvalue weighted by molar-refractivity contribution is 0.155. The van der Waals surface area contributed by atoms with Gasteiger partial charge in [0.1, 0.15) is 0 Å². The molecular weight excluding hydrogens is 214 g/mol. The van der Waals surface area contributed by atoms with Crippen molar-refractivity contribution in [1.29, 1.82) is 0 Å². The second-order valence-electron chi connectivity index (χ2n) is 4.25. The molecule has 0 radical (unpaired) electrons.